The highest BCUT2D eigenvalue weighted by atomic mass is 32.2. The number of nitrogens with one attached hydrogen (secondary N) is 2. The summed E-state index contributed by atoms with van der Waals surface area (Å²) in [6.07, 6.45) is 5.05. The maximum absolute atomic E-state index is 14.4. The van der Waals surface area contributed by atoms with Gasteiger partial charge in [-0.2, -0.15) is 0 Å². The van der Waals surface area contributed by atoms with Gasteiger partial charge in [0.15, 0.2) is 0 Å². The molecule has 2 aromatic rings. The monoisotopic (exact) mass is 521 g/mol. The summed E-state index contributed by atoms with van der Waals surface area (Å²) < 4.78 is 45.6. The van der Waals surface area contributed by atoms with E-state index in [0.29, 0.717) is 22.6 Å². The molecule has 10 heteroatoms. The molecule has 1 amide bonds. The minimum Gasteiger partial charge on any atom is -0.474 e. The Balaban J connectivity index is 1.81. The van der Waals surface area contributed by atoms with Crippen LogP contribution in [0.5, 0.6) is 5.88 Å². The molecule has 1 fully saturated rings. The molecule has 1 heterocycles. The Morgan fingerprint density at radius 2 is 1.92 bits per heavy atom. The third kappa shape index (κ3) is 7.16. The third-order valence-electron chi connectivity index (χ3n) is 6.32. The summed E-state index contributed by atoms with van der Waals surface area (Å²) in [4.78, 5) is 17.7. The van der Waals surface area contributed by atoms with Crippen LogP contribution in [0.4, 0.5) is 10.1 Å². The number of sulfonamides is 1. The summed E-state index contributed by atoms with van der Waals surface area (Å²) in [7, 11) is -3.63. The van der Waals surface area contributed by atoms with Crippen LogP contribution in [-0.4, -0.2) is 36.8 Å². The number of hydrogen-bond acceptors (Lipinski definition) is 6. The Hall–Kier alpha value is -2.72. The number of carbonyl (C=O) groups is 1. The van der Waals surface area contributed by atoms with Crippen LogP contribution in [-0.2, 0) is 33.4 Å². The first-order valence-electron chi connectivity index (χ1n) is 12.1. The molecule has 36 heavy (non-hydrogen) atoms. The topological polar surface area (TPSA) is 118 Å². The molecule has 1 aliphatic carbocycles. The number of aromatic nitrogens is 1. The summed E-state index contributed by atoms with van der Waals surface area (Å²) in [5.74, 6) is -1.40. The zero-order chi connectivity index (χ0) is 26.7. The average molecular weight is 522 g/mol. The molecule has 8 nitrogen and oxygen atoms in total. The number of anilines is 1. The maximum atomic E-state index is 14.4. The standard InChI is InChI=1S/C26H36FN3O5S/c1-16(17-10-11-22(21(27)12-17)30-36(5,33)34)24(32)28-14-20-18(15-31)13-23(26(2,3)4)29-25(20)35-19-8-6-7-9-19/h10-13,16,19,30-31H,6-9,14-15H2,1-5H3,(H,28,32). The van der Waals surface area contributed by atoms with E-state index in [1.165, 1.54) is 12.1 Å². The molecule has 3 N–H and O–H groups in total. The van der Waals surface area contributed by atoms with E-state index >= 15 is 0 Å². The first-order chi connectivity index (χ1) is 16.8. The van der Waals surface area contributed by atoms with Gasteiger partial charge in [-0.25, -0.2) is 17.8 Å². The molecular weight excluding hydrogens is 485 g/mol. The predicted molar refractivity (Wildman–Crippen MR) is 137 cm³/mol. The summed E-state index contributed by atoms with van der Waals surface area (Å²) in [6.45, 7) is 7.61. The zero-order valence-electron chi connectivity index (χ0n) is 21.5. The Morgan fingerprint density at radius 1 is 1.25 bits per heavy atom. The van der Waals surface area contributed by atoms with E-state index in [0.717, 1.165) is 43.7 Å². The van der Waals surface area contributed by atoms with Gasteiger partial charge in [0.05, 0.1) is 30.2 Å². The zero-order valence-corrected chi connectivity index (χ0v) is 22.3. The fourth-order valence-corrected chi connectivity index (χ4v) is 4.70. The van der Waals surface area contributed by atoms with Crippen molar-refractivity contribution in [2.75, 3.05) is 11.0 Å². The summed E-state index contributed by atoms with van der Waals surface area (Å²) >= 11 is 0. The van der Waals surface area contributed by atoms with Crippen molar-refractivity contribution in [2.24, 2.45) is 0 Å². The predicted octanol–water partition coefficient (Wildman–Crippen LogP) is 4.12. The van der Waals surface area contributed by atoms with Crippen LogP contribution in [0.1, 0.15) is 81.7 Å². The Bertz CT molecular complexity index is 1200. The van der Waals surface area contributed by atoms with Crippen LogP contribution < -0.4 is 14.8 Å². The molecule has 1 atom stereocenters. The molecule has 198 valence electrons. The van der Waals surface area contributed by atoms with Gasteiger partial charge in [0, 0.05) is 17.5 Å². The van der Waals surface area contributed by atoms with Crippen LogP contribution >= 0.6 is 0 Å². The van der Waals surface area contributed by atoms with Gasteiger partial charge in [0.1, 0.15) is 11.9 Å². The lowest BCUT2D eigenvalue weighted by Crippen LogP contribution is -2.29. The molecule has 1 saturated carbocycles. The molecule has 0 bridgehead atoms. The number of aliphatic hydroxyl groups is 1. The molecule has 0 aliphatic heterocycles. The van der Waals surface area contributed by atoms with E-state index in [-0.39, 0.29) is 36.3 Å². The minimum atomic E-state index is -3.63. The Kier molecular flexibility index (Phi) is 8.61. The second-order valence-electron chi connectivity index (χ2n) is 10.4. The van der Waals surface area contributed by atoms with Crippen LogP contribution in [0.25, 0.3) is 0 Å². The number of hydrogen-bond donors (Lipinski definition) is 3. The van der Waals surface area contributed by atoms with E-state index in [1.54, 1.807) is 6.92 Å². The van der Waals surface area contributed by atoms with Gasteiger partial charge in [-0.05, 0) is 61.9 Å². The SMILES string of the molecule is CC(C(=O)NCc1c(CO)cc(C(C)(C)C)nc1OC1CCCC1)c1ccc(NS(C)(=O)=O)c(F)c1. The number of rotatable bonds is 9. The maximum Gasteiger partial charge on any atom is 0.229 e. The molecule has 0 radical (unpaired) electrons. The van der Waals surface area contributed by atoms with Crippen molar-refractivity contribution in [1.29, 1.82) is 0 Å². The quantitative estimate of drug-likeness (QED) is 0.457. The van der Waals surface area contributed by atoms with E-state index in [1.807, 2.05) is 26.8 Å². The fourth-order valence-electron chi connectivity index (χ4n) is 4.14. The van der Waals surface area contributed by atoms with Gasteiger partial charge in [0.25, 0.3) is 0 Å². The molecule has 1 unspecified atom stereocenters. The van der Waals surface area contributed by atoms with Crippen molar-refractivity contribution in [3.05, 3.63) is 52.5 Å². The van der Waals surface area contributed by atoms with Crippen molar-refractivity contribution in [2.45, 2.75) is 84.0 Å². The fraction of sp³-hybridized carbons (Fsp3) is 0.538. The molecule has 1 aliphatic rings. The van der Waals surface area contributed by atoms with Crippen LogP contribution in [0.3, 0.4) is 0 Å². The number of benzene rings is 1. The summed E-state index contributed by atoms with van der Waals surface area (Å²) in [5.41, 5.74) is 2.02. The van der Waals surface area contributed by atoms with Gasteiger partial charge in [-0.1, -0.05) is 26.8 Å². The normalized spacial score (nSPS) is 15.5. The lowest BCUT2D eigenvalue weighted by atomic mass is 9.90. The highest BCUT2D eigenvalue weighted by molar-refractivity contribution is 7.92. The summed E-state index contributed by atoms with van der Waals surface area (Å²) in [6, 6.07) is 5.79. The van der Waals surface area contributed by atoms with Gasteiger partial charge in [-0.3, -0.25) is 9.52 Å². The highest BCUT2D eigenvalue weighted by Gasteiger charge is 2.25. The molecule has 1 aromatic heterocycles. The number of ether oxygens (including phenoxy) is 1. The number of aliphatic hydroxyl groups excluding tert-OH is 1. The van der Waals surface area contributed by atoms with E-state index < -0.39 is 21.8 Å². The number of pyridine rings is 1. The third-order valence-corrected chi connectivity index (χ3v) is 6.91. The van der Waals surface area contributed by atoms with E-state index in [9.17, 15) is 22.7 Å². The van der Waals surface area contributed by atoms with Crippen molar-refractivity contribution in [1.82, 2.24) is 10.3 Å². The van der Waals surface area contributed by atoms with Crippen molar-refractivity contribution < 1.29 is 27.4 Å². The van der Waals surface area contributed by atoms with E-state index in [4.69, 9.17) is 9.72 Å². The Labute approximate surface area is 212 Å². The number of nitrogens with zero attached hydrogens (tertiary/aromatic N) is 1. The number of amides is 1. The molecular formula is C26H36FN3O5S. The van der Waals surface area contributed by atoms with Crippen LogP contribution in [0, 0.1) is 5.82 Å². The molecule has 0 saturated heterocycles. The number of halogens is 1. The van der Waals surface area contributed by atoms with Gasteiger partial charge < -0.3 is 15.2 Å². The average Bonchev–Trinajstić information content (AvgIpc) is 3.30. The first kappa shape index (κ1) is 27.9. The van der Waals surface area contributed by atoms with E-state index in [2.05, 4.69) is 10.0 Å². The largest absolute Gasteiger partial charge is 0.474 e. The van der Waals surface area contributed by atoms with Gasteiger partial charge in [-0.15, -0.1) is 0 Å². The highest BCUT2D eigenvalue weighted by Crippen LogP contribution is 2.32. The second kappa shape index (κ2) is 11.1. The lowest BCUT2D eigenvalue weighted by molar-refractivity contribution is -0.122. The van der Waals surface area contributed by atoms with Crippen LogP contribution in [0.2, 0.25) is 0 Å². The van der Waals surface area contributed by atoms with Crippen molar-refractivity contribution in [3.8, 4) is 5.88 Å². The number of carbonyl (C=O) groups excluding carboxylic acids is 1. The first-order valence-corrected chi connectivity index (χ1v) is 14.0. The lowest BCUT2D eigenvalue weighted by Gasteiger charge is -2.24. The van der Waals surface area contributed by atoms with Gasteiger partial charge in [0.2, 0.25) is 21.8 Å². The van der Waals surface area contributed by atoms with Crippen LogP contribution in [0.15, 0.2) is 24.3 Å². The molecule has 1 aromatic carbocycles. The molecule has 0 spiro atoms. The second-order valence-corrected chi connectivity index (χ2v) is 12.2. The summed E-state index contributed by atoms with van der Waals surface area (Å²) in [5, 5.41) is 13.0. The Morgan fingerprint density at radius 3 is 2.47 bits per heavy atom. The molecule has 3 rings (SSSR count). The van der Waals surface area contributed by atoms with Crippen molar-refractivity contribution in [3.63, 3.8) is 0 Å². The minimum absolute atomic E-state index is 0.0506. The smallest absolute Gasteiger partial charge is 0.229 e. The van der Waals surface area contributed by atoms with Crippen molar-refractivity contribution >= 4 is 21.6 Å². The van der Waals surface area contributed by atoms with Gasteiger partial charge >= 0.3 is 0 Å².